The van der Waals surface area contributed by atoms with E-state index in [1.165, 1.54) is 5.56 Å². The number of nitrogens with one attached hydrogen (secondary N) is 1. The second kappa shape index (κ2) is 5.09. The van der Waals surface area contributed by atoms with Crippen LogP contribution in [0.15, 0.2) is 24.3 Å². The minimum absolute atomic E-state index is 0.0212. The molecule has 1 fully saturated rings. The molecule has 2 aliphatic heterocycles. The number of rotatable bonds is 1. The molecular formula is C16H22N2O2. The van der Waals surface area contributed by atoms with Gasteiger partial charge >= 0.3 is 0 Å². The second-order valence-electron chi connectivity index (χ2n) is 6.26. The fourth-order valence-electron chi connectivity index (χ4n) is 3.08. The van der Waals surface area contributed by atoms with Crippen LogP contribution < -0.4 is 5.32 Å². The first kappa shape index (κ1) is 13.4. The molecule has 1 amide bonds. The molecule has 20 heavy (non-hydrogen) atoms. The number of carbonyl (C=O) groups excluding carboxylic acids is 1. The van der Waals surface area contributed by atoms with Crippen molar-refractivity contribution >= 4 is 11.6 Å². The Balaban J connectivity index is 1.65. The van der Waals surface area contributed by atoms with E-state index in [2.05, 4.69) is 17.4 Å². The van der Waals surface area contributed by atoms with Gasteiger partial charge in [0.2, 0.25) is 5.91 Å². The predicted octanol–water partition coefficient (Wildman–Crippen LogP) is 1.64. The molecule has 3 rings (SSSR count). The molecule has 1 atom stereocenters. The summed E-state index contributed by atoms with van der Waals surface area (Å²) >= 11 is 0. The smallest absolute Gasteiger partial charge is 0.227 e. The Bertz CT molecular complexity index is 503. The van der Waals surface area contributed by atoms with Crippen molar-refractivity contribution in [2.75, 3.05) is 25.0 Å². The summed E-state index contributed by atoms with van der Waals surface area (Å²) in [5, 5.41) is 13.3. The van der Waals surface area contributed by atoms with E-state index >= 15 is 0 Å². The fourth-order valence-corrected chi connectivity index (χ4v) is 3.08. The number of fused-ring (bicyclic) bond motifs is 1. The zero-order chi connectivity index (χ0) is 14.2. The van der Waals surface area contributed by atoms with Crippen molar-refractivity contribution in [1.82, 2.24) is 4.90 Å². The van der Waals surface area contributed by atoms with E-state index in [9.17, 15) is 9.90 Å². The van der Waals surface area contributed by atoms with Gasteiger partial charge in [-0.05, 0) is 37.8 Å². The van der Waals surface area contributed by atoms with Crippen molar-refractivity contribution in [1.29, 1.82) is 0 Å². The van der Waals surface area contributed by atoms with Gasteiger partial charge in [-0.2, -0.15) is 0 Å². The summed E-state index contributed by atoms with van der Waals surface area (Å²) in [5.41, 5.74) is 1.77. The maximum absolute atomic E-state index is 12.6. The molecule has 0 bridgehead atoms. The first-order chi connectivity index (χ1) is 9.55. The number of piperidine rings is 1. The van der Waals surface area contributed by atoms with Gasteiger partial charge in [-0.25, -0.2) is 0 Å². The average Bonchev–Trinajstić information content (AvgIpc) is 2.46. The highest BCUT2D eigenvalue weighted by atomic mass is 16.3. The Labute approximate surface area is 119 Å². The summed E-state index contributed by atoms with van der Waals surface area (Å²) in [6, 6.07) is 8.18. The maximum Gasteiger partial charge on any atom is 0.227 e. The first-order valence-electron chi connectivity index (χ1n) is 7.38. The number of para-hydroxylation sites is 1. The Morgan fingerprint density at radius 1 is 1.35 bits per heavy atom. The van der Waals surface area contributed by atoms with E-state index in [0.717, 1.165) is 12.1 Å². The van der Waals surface area contributed by atoms with Crippen LogP contribution in [0.5, 0.6) is 0 Å². The van der Waals surface area contributed by atoms with E-state index in [1.54, 1.807) is 0 Å². The number of benzene rings is 1. The van der Waals surface area contributed by atoms with Crippen molar-refractivity contribution < 1.29 is 9.90 Å². The third-order valence-corrected chi connectivity index (χ3v) is 4.52. The SMILES string of the molecule is CC1(O)CCN(C(=O)C2CNc3ccccc3C2)CC1. The van der Waals surface area contributed by atoms with Crippen LogP contribution in [0.4, 0.5) is 5.69 Å². The quantitative estimate of drug-likeness (QED) is 0.818. The Kier molecular flexibility index (Phi) is 3.42. The van der Waals surface area contributed by atoms with E-state index < -0.39 is 5.60 Å². The van der Waals surface area contributed by atoms with E-state index in [4.69, 9.17) is 0 Å². The molecular weight excluding hydrogens is 252 g/mol. The Hall–Kier alpha value is -1.55. The molecule has 0 aromatic heterocycles. The first-order valence-corrected chi connectivity index (χ1v) is 7.38. The lowest BCUT2D eigenvalue weighted by Crippen LogP contribution is -2.49. The lowest BCUT2D eigenvalue weighted by molar-refractivity contribution is -0.138. The van der Waals surface area contributed by atoms with E-state index in [0.29, 0.717) is 32.5 Å². The van der Waals surface area contributed by atoms with Gasteiger partial charge in [0.15, 0.2) is 0 Å². The molecule has 0 spiro atoms. The van der Waals surface area contributed by atoms with Crippen LogP contribution in [0, 0.1) is 5.92 Å². The highest BCUT2D eigenvalue weighted by molar-refractivity contribution is 5.81. The third kappa shape index (κ3) is 2.66. The fraction of sp³-hybridized carbons (Fsp3) is 0.562. The monoisotopic (exact) mass is 274 g/mol. The zero-order valence-corrected chi connectivity index (χ0v) is 11.9. The summed E-state index contributed by atoms with van der Waals surface area (Å²) in [4.78, 5) is 14.5. The molecule has 0 saturated carbocycles. The van der Waals surface area contributed by atoms with Crippen LogP contribution in [-0.2, 0) is 11.2 Å². The number of nitrogens with zero attached hydrogens (tertiary/aromatic N) is 1. The van der Waals surface area contributed by atoms with Crippen LogP contribution in [0.25, 0.3) is 0 Å². The number of aliphatic hydroxyl groups is 1. The molecule has 2 heterocycles. The normalized spacial score (nSPS) is 24.7. The maximum atomic E-state index is 12.6. The van der Waals surface area contributed by atoms with Gasteiger partial charge in [0.1, 0.15) is 0 Å². The van der Waals surface area contributed by atoms with E-state index in [1.807, 2.05) is 24.0 Å². The average molecular weight is 274 g/mol. The van der Waals surface area contributed by atoms with Crippen LogP contribution >= 0.6 is 0 Å². The van der Waals surface area contributed by atoms with Gasteiger partial charge in [0, 0.05) is 25.3 Å². The summed E-state index contributed by atoms with van der Waals surface area (Å²) in [6.07, 6.45) is 2.17. The summed E-state index contributed by atoms with van der Waals surface area (Å²) in [7, 11) is 0. The Morgan fingerprint density at radius 3 is 2.80 bits per heavy atom. The summed E-state index contributed by atoms with van der Waals surface area (Å²) in [5.74, 6) is 0.246. The van der Waals surface area contributed by atoms with E-state index in [-0.39, 0.29) is 11.8 Å². The number of likely N-dealkylation sites (tertiary alicyclic amines) is 1. The van der Waals surface area contributed by atoms with Crippen LogP contribution in [-0.4, -0.2) is 41.1 Å². The number of anilines is 1. The lowest BCUT2D eigenvalue weighted by Gasteiger charge is -2.38. The Morgan fingerprint density at radius 2 is 2.05 bits per heavy atom. The highest BCUT2D eigenvalue weighted by Crippen LogP contribution is 2.27. The molecule has 0 aliphatic carbocycles. The van der Waals surface area contributed by atoms with Crippen molar-refractivity contribution in [2.45, 2.75) is 31.8 Å². The highest BCUT2D eigenvalue weighted by Gasteiger charge is 2.33. The molecule has 1 aromatic rings. The molecule has 2 aliphatic rings. The largest absolute Gasteiger partial charge is 0.390 e. The van der Waals surface area contributed by atoms with Gasteiger partial charge in [-0.1, -0.05) is 18.2 Å². The van der Waals surface area contributed by atoms with Gasteiger partial charge in [-0.15, -0.1) is 0 Å². The topological polar surface area (TPSA) is 52.6 Å². The second-order valence-corrected chi connectivity index (χ2v) is 6.26. The van der Waals surface area contributed by atoms with Gasteiger partial charge in [-0.3, -0.25) is 4.79 Å². The van der Waals surface area contributed by atoms with Gasteiger partial charge in [0.25, 0.3) is 0 Å². The van der Waals surface area contributed by atoms with Crippen molar-refractivity contribution in [3.05, 3.63) is 29.8 Å². The third-order valence-electron chi connectivity index (χ3n) is 4.52. The summed E-state index contributed by atoms with van der Waals surface area (Å²) in [6.45, 7) is 3.91. The zero-order valence-electron chi connectivity index (χ0n) is 11.9. The molecule has 108 valence electrons. The minimum atomic E-state index is -0.603. The van der Waals surface area contributed by atoms with Crippen molar-refractivity contribution in [3.8, 4) is 0 Å². The van der Waals surface area contributed by atoms with Gasteiger partial charge in [0.05, 0.1) is 11.5 Å². The number of hydrogen-bond donors (Lipinski definition) is 2. The minimum Gasteiger partial charge on any atom is -0.390 e. The van der Waals surface area contributed by atoms with Crippen molar-refractivity contribution in [2.24, 2.45) is 5.92 Å². The number of amides is 1. The van der Waals surface area contributed by atoms with Crippen LogP contribution in [0.1, 0.15) is 25.3 Å². The molecule has 1 aromatic carbocycles. The predicted molar refractivity (Wildman–Crippen MR) is 78.6 cm³/mol. The molecule has 1 unspecified atom stereocenters. The summed E-state index contributed by atoms with van der Waals surface area (Å²) < 4.78 is 0. The van der Waals surface area contributed by atoms with Crippen LogP contribution in [0.2, 0.25) is 0 Å². The molecule has 4 heteroatoms. The molecule has 4 nitrogen and oxygen atoms in total. The molecule has 1 saturated heterocycles. The number of hydrogen-bond acceptors (Lipinski definition) is 3. The van der Waals surface area contributed by atoms with Crippen LogP contribution in [0.3, 0.4) is 0 Å². The standard InChI is InChI=1S/C16H22N2O2/c1-16(20)6-8-18(9-7-16)15(19)13-10-12-4-2-3-5-14(12)17-11-13/h2-5,13,17,20H,6-11H2,1H3. The lowest BCUT2D eigenvalue weighted by atomic mass is 9.90. The number of carbonyl (C=O) groups is 1. The molecule has 2 N–H and O–H groups in total. The van der Waals surface area contributed by atoms with Crippen molar-refractivity contribution in [3.63, 3.8) is 0 Å². The van der Waals surface area contributed by atoms with Gasteiger partial charge < -0.3 is 15.3 Å². The molecule has 0 radical (unpaired) electrons.